The molecule has 0 bridgehead atoms. The summed E-state index contributed by atoms with van der Waals surface area (Å²) < 4.78 is 0. The zero-order chi connectivity index (χ0) is 12.2. The van der Waals surface area contributed by atoms with Gasteiger partial charge in [-0.15, -0.1) is 0 Å². The first-order chi connectivity index (χ1) is 7.45. The quantitative estimate of drug-likeness (QED) is 0.655. The third kappa shape index (κ3) is 4.10. The first-order valence-corrected chi connectivity index (χ1v) is 6.22. The van der Waals surface area contributed by atoms with Gasteiger partial charge in [0.2, 0.25) is 5.91 Å². The van der Waals surface area contributed by atoms with Crippen LogP contribution in [-0.4, -0.2) is 28.7 Å². The fourth-order valence-electron chi connectivity index (χ4n) is 2.44. The van der Waals surface area contributed by atoms with Gasteiger partial charge in [-0.05, 0) is 39.0 Å². The zero-order valence-electron chi connectivity index (χ0n) is 10.3. The molecule has 0 spiro atoms. The first kappa shape index (κ1) is 13.5. The van der Waals surface area contributed by atoms with Gasteiger partial charge in [0.1, 0.15) is 0 Å². The minimum atomic E-state index is -0.453. The lowest BCUT2D eigenvalue weighted by Gasteiger charge is -2.36. The van der Waals surface area contributed by atoms with E-state index in [1.54, 1.807) is 0 Å². The van der Waals surface area contributed by atoms with E-state index in [1.165, 1.54) is 0 Å². The molecule has 4 heteroatoms. The number of carbonyl (C=O) groups excluding carboxylic acids is 1. The van der Waals surface area contributed by atoms with Crippen LogP contribution >= 0.6 is 0 Å². The summed E-state index contributed by atoms with van der Waals surface area (Å²) in [6, 6.07) is 0.552. The molecule has 94 valence electrons. The lowest BCUT2D eigenvalue weighted by Crippen LogP contribution is -2.44. The molecule has 1 fully saturated rings. The second-order valence-corrected chi connectivity index (χ2v) is 5.09. The van der Waals surface area contributed by atoms with E-state index in [0.717, 1.165) is 32.1 Å². The van der Waals surface area contributed by atoms with E-state index in [0.29, 0.717) is 12.5 Å². The molecular weight excluding hydrogens is 204 g/mol. The molecular formula is C12H24N2O2. The lowest BCUT2D eigenvalue weighted by atomic mass is 9.80. The maximum Gasteiger partial charge on any atom is 0.218 e. The van der Waals surface area contributed by atoms with Crippen LogP contribution in [0.3, 0.4) is 0 Å². The fraction of sp³-hybridized carbons (Fsp3) is 0.917. The number of carbonyl (C=O) groups is 1. The van der Waals surface area contributed by atoms with Crippen molar-refractivity contribution in [1.29, 1.82) is 0 Å². The summed E-state index contributed by atoms with van der Waals surface area (Å²) in [5.41, 5.74) is 4.69. The molecule has 1 rings (SSSR count). The van der Waals surface area contributed by atoms with E-state index in [-0.39, 0.29) is 11.9 Å². The molecule has 1 unspecified atom stereocenters. The molecule has 0 radical (unpaired) electrons. The Morgan fingerprint density at radius 2 is 2.12 bits per heavy atom. The molecule has 0 saturated heterocycles. The summed E-state index contributed by atoms with van der Waals surface area (Å²) >= 11 is 0. The summed E-state index contributed by atoms with van der Waals surface area (Å²) in [5, 5.41) is 13.5. The van der Waals surface area contributed by atoms with Crippen LogP contribution in [0.4, 0.5) is 0 Å². The van der Waals surface area contributed by atoms with Crippen molar-refractivity contribution in [3.63, 3.8) is 0 Å². The Labute approximate surface area is 97.6 Å². The van der Waals surface area contributed by atoms with Crippen molar-refractivity contribution in [3.05, 3.63) is 0 Å². The van der Waals surface area contributed by atoms with Crippen molar-refractivity contribution in [2.75, 3.05) is 0 Å². The number of nitrogens with one attached hydrogen (secondary N) is 1. The monoisotopic (exact) mass is 228 g/mol. The molecule has 0 aromatic heterocycles. The van der Waals surface area contributed by atoms with Gasteiger partial charge in [-0.1, -0.05) is 6.92 Å². The minimum absolute atomic E-state index is 0.135. The largest absolute Gasteiger partial charge is 0.390 e. The Bertz CT molecular complexity index is 235. The van der Waals surface area contributed by atoms with Crippen molar-refractivity contribution in [1.82, 2.24) is 5.32 Å². The predicted octanol–water partition coefficient (Wildman–Crippen LogP) is 0.924. The van der Waals surface area contributed by atoms with Gasteiger partial charge in [0, 0.05) is 18.5 Å². The highest BCUT2D eigenvalue weighted by Crippen LogP contribution is 2.30. The Morgan fingerprint density at radius 1 is 1.56 bits per heavy atom. The number of rotatable bonds is 5. The van der Waals surface area contributed by atoms with Crippen molar-refractivity contribution >= 4 is 5.91 Å². The molecule has 1 saturated carbocycles. The van der Waals surface area contributed by atoms with E-state index in [4.69, 9.17) is 5.73 Å². The maximum atomic E-state index is 10.7. The maximum absolute atomic E-state index is 10.7. The summed E-state index contributed by atoms with van der Waals surface area (Å²) in [5.74, 6) is -0.263. The number of amides is 1. The average Bonchev–Trinajstić information content (AvgIpc) is 2.21. The van der Waals surface area contributed by atoms with Crippen LogP contribution in [-0.2, 0) is 4.79 Å². The Morgan fingerprint density at radius 3 is 2.56 bits per heavy atom. The van der Waals surface area contributed by atoms with E-state index in [2.05, 4.69) is 5.32 Å². The summed E-state index contributed by atoms with van der Waals surface area (Å²) in [4.78, 5) is 10.7. The van der Waals surface area contributed by atoms with Crippen molar-refractivity contribution in [2.24, 2.45) is 5.73 Å². The Kier molecular flexibility index (Phi) is 4.74. The SMILES string of the molecule is CCC1(O)CCC(NC(C)CC(N)=O)CC1. The average molecular weight is 228 g/mol. The second-order valence-electron chi connectivity index (χ2n) is 5.09. The topological polar surface area (TPSA) is 75.3 Å². The Balaban J connectivity index is 2.29. The van der Waals surface area contributed by atoms with E-state index < -0.39 is 5.60 Å². The zero-order valence-corrected chi connectivity index (χ0v) is 10.3. The number of hydrogen-bond donors (Lipinski definition) is 3. The van der Waals surface area contributed by atoms with Gasteiger partial charge in [0.05, 0.1) is 5.60 Å². The predicted molar refractivity (Wildman–Crippen MR) is 63.9 cm³/mol. The van der Waals surface area contributed by atoms with Crippen molar-refractivity contribution in [2.45, 2.75) is 70.1 Å². The molecule has 4 N–H and O–H groups in total. The van der Waals surface area contributed by atoms with Crippen LogP contribution in [0.5, 0.6) is 0 Å². The highest BCUT2D eigenvalue weighted by Gasteiger charge is 2.31. The smallest absolute Gasteiger partial charge is 0.218 e. The summed E-state index contributed by atoms with van der Waals surface area (Å²) in [6.07, 6.45) is 4.88. The van der Waals surface area contributed by atoms with Crippen LogP contribution in [0.2, 0.25) is 0 Å². The normalized spacial score (nSPS) is 32.3. The number of hydrogen-bond acceptors (Lipinski definition) is 3. The van der Waals surface area contributed by atoms with Gasteiger partial charge >= 0.3 is 0 Å². The van der Waals surface area contributed by atoms with Gasteiger partial charge in [-0.25, -0.2) is 0 Å². The van der Waals surface area contributed by atoms with Gasteiger partial charge in [0.15, 0.2) is 0 Å². The standard InChI is InChI=1S/C12H24N2O2/c1-3-12(16)6-4-10(5-7-12)14-9(2)8-11(13)15/h9-10,14,16H,3-8H2,1-2H3,(H2,13,15). The first-order valence-electron chi connectivity index (χ1n) is 6.22. The van der Waals surface area contributed by atoms with Crippen LogP contribution in [0.1, 0.15) is 52.4 Å². The highest BCUT2D eigenvalue weighted by atomic mass is 16.3. The molecule has 0 aliphatic heterocycles. The van der Waals surface area contributed by atoms with E-state index in [9.17, 15) is 9.90 Å². The number of nitrogens with two attached hydrogens (primary N) is 1. The second kappa shape index (κ2) is 5.64. The molecule has 1 aliphatic carbocycles. The lowest BCUT2D eigenvalue weighted by molar-refractivity contribution is -0.118. The van der Waals surface area contributed by atoms with Gasteiger partial charge < -0.3 is 16.2 Å². The molecule has 0 aromatic carbocycles. The van der Waals surface area contributed by atoms with E-state index >= 15 is 0 Å². The van der Waals surface area contributed by atoms with Crippen LogP contribution in [0.15, 0.2) is 0 Å². The number of primary amides is 1. The molecule has 16 heavy (non-hydrogen) atoms. The van der Waals surface area contributed by atoms with Crippen LogP contribution in [0.25, 0.3) is 0 Å². The molecule has 0 aromatic rings. The molecule has 0 heterocycles. The highest BCUT2D eigenvalue weighted by molar-refractivity contribution is 5.74. The molecule has 1 amide bonds. The molecule has 1 atom stereocenters. The number of aliphatic hydroxyl groups is 1. The third-order valence-corrected chi connectivity index (χ3v) is 3.60. The van der Waals surface area contributed by atoms with Crippen molar-refractivity contribution < 1.29 is 9.90 Å². The van der Waals surface area contributed by atoms with Crippen LogP contribution in [0, 0.1) is 0 Å². The van der Waals surface area contributed by atoms with Gasteiger partial charge in [-0.3, -0.25) is 4.79 Å². The summed E-state index contributed by atoms with van der Waals surface area (Å²) in [6.45, 7) is 4.01. The summed E-state index contributed by atoms with van der Waals surface area (Å²) in [7, 11) is 0. The van der Waals surface area contributed by atoms with Gasteiger partial charge in [-0.2, -0.15) is 0 Å². The van der Waals surface area contributed by atoms with Gasteiger partial charge in [0.25, 0.3) is 0 Å². The molecule has 1 aliphatic rings. The fourth-order valence-corrected chi connectivity index (χ4v) is 2.44. The Hall–Kier alpha value is -0.610. The van der Waals surface area contributed by atoms with Crippen LogP contribution < -0.4 is 11.1 Å². The molecule has 4 nitrogen and oxygen atoms in total. The van der Waals surface area contributed by atoms with E-state index in [1.807, 2.05) is 13.8 Å². The minimum Gasteiger partial charge on any atom is -0.390 e. The van der Waals surface area contributed by atoms with Crippen molar-refractivity contribution in [3.8, 4) is 0 Å². The third-order valence-electron chi connectivity index (χ3n) is 3.60.